The van der Waals surface area contributed by atoms with E-state index in [0.29, 0.717) is 22.4 Å². The fourth-order valence-corrected chi connectivity index (χ4v) is 2.41. The Morgan fingerprint density at radius 1 is 1.03 bits per heavy atom. The molecule has 3 N–H and O–H groups in total. The Bertz CT molecular complexity index is 871. The van der Waals surface area contributed by atoms with Gasteiger partial charge in [0.2, 0.25) is 0 Å². The molecular weight excluding hydrogens is 372 g/mol. The SMILES string of the molecule is CC(C)Oc1ccc(C(=O)N/C(=C\c2ccc(C=O)cc2)C(=O)NCCO)cc1. The summed E-state index contributed by atoms with van der Waals surface area (Å²) in [7, 11) is 0. The average Bonchev–Trinajstić information content (AvgIpc) is 2.72. The topological polar surface area (TPSA) is 105 Å². The fourth-order valence-electron chi connectivity index (χ4n) is 2.41. The molecule has 0 saturated carbocycles. The van der Waals surface area contributed by atoms with Crippen LogP contribution in [0.3, 0.4) is 0 Å². The zero-order valence-electron chi connectivity index (χ0n) is 16.3. The highest BCUT2D eigenvalue weighted by Crippen LogP contribution is 2.14. The third-order valence-electron chi connectivity index (χ3n) is 3.76. The Hall–Kier alpha value is -3.45. The maximum absolute atomic E-state index is 12.6. The third kappa shape index (κ3) is 6.90. The van der Waals surface area contributed by atoms with E-state index in [1.54, 1.807) is 48.5 Å². The summed E-state index contributed by atoms with van der Waals surface area (Å²) in [5.74, 6) is -0.356. The average molecular weight is 396 g/mol. The summed E-state index contributed by atoms with van der Waals surface area (Å²) < 4.78 is 5.55. The molecule has 0 aliphatic rings. The van der Waals surface area contributed by atoms with Crippen LogP contribution >= 0.6 is 0 Å². The standard InChI is InChI=1S/C22H24N2O5/c1-15(2)29-19-9-7-18(8-10-19)21(27)24-20(22(28)23-11-12-25)13-16-3-5-17(14-26)6-4-16/h3-10,13-15,25H,11-12H2,1-2H3,(H,23,28)(H,24,27)/b20-13-. The van der Waals surface area contributed by atoms with Crippen LogP contribution in [-0.4, -0.2) is 42.5 Å². The van der Waals surface area contributed by atoms with E-state index in [1.165, 1.54) is 6.08 Å². The van der Waals surface area contributed by atoms with E-state index in [4.69, 9.17) is 9.84 Å². The minimum absolute atomic E-state index is 0.0183. The number of ether oxygens (including phenoxy) is 1. The minimum atomic E-state index is -0.536. The van der Waals surface area contributed by atoms with Gasteiger partial charge in [-0.3, -0.25) is 14.4 Å². The molecule has 0 radical (unpaired) electrons. The van der Waals surface area contributed by atoms with Gasteiger partial charge in [0.15, 0.2) is 0 Å². The van der Waals surface area contributed by atoms with Crippen LogP contribution in [0.25, 0.3) is 6.08 Å². The summed E-state index contributed by atoms with van der Waals surface area (Å²) in [6.07, 6.45) is 2.23. The van der Waals surface area contributed by atoms with Crippen molar-refractivity contribution in [2.24, 2.45) is 0 Å². The van der Waals surface area contributed by atoms with Crippen LogP contribution in [0.2, 0.25) is 0 Å². The Kier molecular flexibility index (Phi) is 8.12. The summed E-state index contributed by atoms with van der Waals surface area (Å²) in [5.41, 5.74) is 1.51. The molecule has 29 heavy (non-hydrogen) atoms. The molecule has 0 saturated heterocycles. The smallest absolute Gasteiger partial charge is 0.267 e. The van der Waals surface area contributed by atoms with Crippen molar-refractivity contribution in [1.82, 2.24) is 10.6 Å². The number of nitrogens with one attached hydrogen (secondary N) is 2. The number of hydrogen-bond acceptors (Lipinski definition) is 5. The largest absolute Gasteiger partial charge is 0.491 e. The quantitative estimate of drug-likeness (QED) is 0.445. The maximum Gasteiger partial charge on any atom is 0.267 e. The van der Waals surface area contributed by atoms with Gasteiger partial charge in [0.05, 0.1) is 12.7 Å². The van der Waals surface area contributed by atoms with Crippen LogP contribution in [0.4, 0.5) is 0 Å². The number of hydrogen-bond donors (Lipinski definition) is 3. The number of carbonyl (C=O) groups excluding carboxylic acids is 3. The molecule has 0 fully saturated rings. The molecule has 7 heteroatoms. The molecule has 0 bridgehead atoms. The predicted molar refractivity (Wildman–Crippen MR) is 110 cm³/mol. The lowest BCUT2D eigenvalue weighted by molar-refractivity contribution is -0.117. The van der Waals surface area contributed by atoms with E-state index in [9.17, 15) is 14.4 Å². The summed E-state index contributed by atoms with van der Waals surface area (Å²) in [5, 5.41) is 14.0. The van der Waals surface area contributed by atoms with Crippen LogP contribution in [-0.2, 0) is 4.79 Å². The second-order valence-corrected chi connectivity index (χ2v) is 6.47. The van der Waals surface area contributed by atoms with Gasteiger partial charge in [-0.2, -0.15) is 0 Å². The zero-order chi connectivity index (χ0) is 21.2. The van der Waals surface area contributed by atoms with Gasteiger partial charge < -0.3 is 20.5 Å². The van der Waals surface area contributed by atoms with E-state index < -0.39 is 11.8 Å². The molecule has 0 aliphatic heterocycles. The lowest BCUT2D eigenvalue weighted by atomic mass is 10.1. The summed E-state index contributed by atoms with van der Waals surface area (Å²) in [6, 6.07) is 13.1. The molecule has 2 aromatic carbocycles. The predicted octanol–water partition coefficient (Wildman–Crippen LogP) is 2.17. The zero-order valence-corrected chi connectivity index (χ0v) is 16.3. The third-order valence-corrected chi connectivity index (χ3v) is 3.76. The molecule has 2 aromatic rings. The van der Waals surface area contributed by atoms with Crippen molar-refractivity contribution in [3.63, 3.8) is 0 Å². The van der Waals surface area contributed by atoms with Gasteiger partial charge in [-0.15, -0.1) is 0 Å². The van der Waals surface area contributed by atoms with Crippen LogP contribution in [0, 0.1) is 0 Å². The Morgan fingerprint density at radius 3 is 2.21 bits per heavy atom. The van der Waals surface area contributed by atoms with Gasteiger partial charge in [-0.25, -0.2) is 0 Å². The molecule has 0 aromatic heterocycles. The van der Waals surface area contributed by atoms with Gasteiger partial charge >= 0.3 is 0 Å². The van der Waals surface area contributed by atoms with Crippen LogP contribution in [0.15, 0.2) is 54.2 Å². The molecule has 0 unspecified atom stereocenters. The monoisotopic (exact) mass is 396 g/mol. The normalized spacial score (nSPS) is 11.1. The number of amides is 2. The molecule has 2 amide bonds. The van der Waals surface area contributed by atoms with E-state index in [2.05, 4.69) is 10.6 Å². The molecular formula is C22H24N2O5. The van der Waals surface area contributed by atoms with Crippen LogP contribution < -0.4 is 15.4 Å². The van der Waals surface area contributed by atoms with Gasteiger partial charge in [0, 0.05) is 17.7 Å². The number of benzene rings is 2. The van der Waals surface area contributed by atoms with Crippen molar-refractivity contribution in [2.45, 2.75) is 20.0 Å². The van der Waals surface area contributed by atoms with Crippen molar-refractivity contribution in [2.75, 3.05) is 13.2 Å². The highest BCUT2D eigenvalue weighted by atomic mass is 16.5. The lowest BCUT2D eigenvalue weighted by Crippen LogP contribution is -2.36. The summed E-state index contributed by atoms with van der Waals surface area (Å²) in [6.45, 7) is 3.64. The minimum Gasteiger partial charge on any atom is -0.491 e. The second kappa shape index (κ2) is 10.8. The lowest BCUT2D eigenvalue weighted by Gasteiger charge is -2.12. The van der Waals surface area contributed by atoms with Gasteiger partial charge in [0.25, 0.3) is 11.8 Å². The Morgan fingerprint density at radius 2 is 1.66 bits per heavy atom. The van der Waals surface area contributed by atoms with Gasteiger partial charge in [0.1, 0.15) is 17.7 Å². The molecule has 0 heterocycles. The van der Waals surface area contributed by atoms with Crippen molar-refractivity contribution in [3.8, 4) is 5.75 Å². The van der Waals surface area contributed by atoms with E-state index >= 15 is 0 Å². The van der Waals surface area contributed by atoms with Crippen LogP contribution in [0.1, 0.15) is 40.1 Å². The Balaban J connectivity index is 2.21. The van der Waals surface area contributed by atoms with E-state index in [0.717, 1.165) is 6.29 Å². The number of aliphatic hydroxyl groups is 1. The molecule has 0 aliphatic carbocycles. The number of rotatable bonds is 9. The number of carbonyl (C=O) groups is 3. The van der Waals surface area contributed by atoms with Crippen molar-refractivity contribution >= 4 is 24.2 Å². The summed E-state index contributed by atoms with van der Waals surface area (Å²) >= 11 is 0. The highest BCUT2D eigenvalue weighted by Gasteiger charge is 2.14. The molecule has 152 valence electrons. The first-order chi connectivity index (χ1) is 13.9. The second-order valence-electron chi connectivity index (χ2n) is 6.47. The van der Waals surface area contributed by atoms with Crippen molar-refractivity contribution in [1.29, 1.82) is 0 Å². The van der Waals surface area contributed by atoms with Crippen molar-refractivity contribution in [3.05, 3.63) is 70.9 Å². The molecule has 7 nitrogen and oxygen atoms in total. The molecule has 2 rings (SSSR count). The van der Waals surface area contributed by atoms with Crippen LogP contribution in [0.5, 0.6) is 5.75 Å². The van der Waals surface area contributed by atoms with E-state index in [-0.39, 0.29) is 25.0 Å². The van der Waals surface area contributed by atoms with Crippen molar-refractivity contribution < 1.29 is 24.2 Å². The summed E-state index contributed by atoms with van der Waals surface area (Å²) in [4.78, 5) is 35.8. The Labute approximate surface area is 169 Å². The van der Waals surface area contributed by atoms with E-state index in [1.807, 2.05) is 13.8 Å². The molecule has 0 atom stereocenters. The number of aliphatic hydroxyl groups excluding tert-OH is 1. The first-order valence-electron chi connectivity index (χ1n) is 9.17. The molecule has 0 spiro atoms. The first kappa shape index (κ1) is 21.8. The van der Waals surface area contributed by atoms with Gasteiger partial charge in [-0.1, -0.05) is 24.3 Å². The maximum atomic E-state index is 12.6. The highest BCUT2D eigenvalue weighted by molar-refractivity contribution is 6.05. The first-order valence-corrected chi connectivity index (χ1v) is 9.17. The fraction of sp³-hybridized carbons (Fsp3) is 0.227. The van der Waals surface area contributed by atoms with Gasteiger partial charge in [-0.05, 0) is 49.8 Å². The number of aldehydes is 1.